The zero-order chi connectivity index (χ0) is 25.0. The summed E-state index contributed by atoms with van der Waals surface area (Å²) in [5.41, 5.74) is 1.15. The van der Waals surface area contributed by atoms with Crippen molar-refractivity contribution in [1.82, 2.24) is 10.2 Å². The largest absolute Gasteiger partial charge is 0.467 e. The predicted molar refractivity (Wildman–Crippen MR) is 128 cm³/mol. The number of aryl methyl sites for hydroxylation is 1. The number of anilines is 1. The Hall–Kier alpha value is -3.66. The summed E-state index contributed by atoms with van der Waals surface area (Å²) in [5, 5.41) is 2.86. The summed E-state index contributed by atoms with van der Waals surface area (Å²) in [4.78, 5) is 27.3. The maximum atomic E-state index is 13.2. The first-order valence-electron chi connectivity index (χ1n) is 11.2. The van der Waals surface area contributed by atoms with Gasteiger partial charge in [-0.15, -0.1) is 0 Å². The van der Waals surface area contributed by atoms with Crippen LogP contribution >= 0.6 is 0 Å². The van der Waals surface area contributed by atoms with Gasteiger partial charge in [0, 0.05) is 30.3 Å². The summed E-state index contributed by atoms with van der Waals surface area (Å²) in [5.74, 6) is -0.373. The van der Waals surface area contributed by atoms with Crippen molar-refractivity contribution in [2.75, 3.05) is 17.8 Å². The van der Waals surface area contributed by atoms with Crippen molar-refractivity contribution in [1.29, 1.82) is 0 Å². The molecule has 0 radical (unpaired) electrons. The molecule has 0 aliphatic carbocycles. The molecular formula is C25H26FN3O5S. The lowest BCUT2D eigenvalue weighted by atomic mass is 9.95. The van der Waals surface area contributed by atoms with E-state index >= 15 is 0 Å². The normalized spacial score (nSPS) is 14.5. The molecule has 0 atom stereocenters. The highest BCUT2D eigenvalue weighted by molar-refractivity contribution is 7.92. The molecule has 1 fully saturated rings. The van der Waals surface area contributed by atoms with Gasteiger partial charge >= 0.3 is 0 Å². The van der Waals surface area contributed by atoms with Crippen LogP contribution in [-0.4, -0.2) is 38.2 Å². The molecule has 1 aliphatic rings. The summed E-state index contributed by atoms with van der Waals surface area (Å²) >= 11 is 0. The molecule has 10 heteroatoms. The first kappa shape index (κ1) is 24.5. The number of furan rings is 1. The van der Waals surface area contributed by atoms with Crippen molar-refractivity contribution in [3.63, 3.8) is 0 Å². The number of hydrogen-bond donors (Lipinski definition) is 2. The van der Waals surface area contributed by atoms with Gasteiger partial charge in [-0.1, -0.05) is 6.07 Å². The fraction of sp³-hybridized carbons (Fsp3) is 0.280. The highest BCUT2D eigenvalue weighted by Crippen LogP contribution is 2.24. The number of amides is 2. The van der Waals surface area contributed by atoms with E-state index in [1.807, 2.05) is 0 Å². The topological polar surface area (TPSA) is 109 Å². The number of sulfonamides is 1. The van der Waals surface area contributed by atoms with Crippen molar-refractivity contribution in [2.24, 2.45) is 5.92 Å². The third-order valence-electron chi connectivity index (χ3n) is 6.02. The van der Waals surface area contributed by atoms with Crippen LogP contribution in [0.3, 0.4) is 0 Å². The van der Waals surface area contributed by atoms with Crippen molar-refractivity contribution < 1.29 is 26.8 Å². The van der Waals surface area contributed by atoms with E-state index in [1.165, 1.54) is 24.3 Å². The number of benzene rings is 2. The summed E-state index contributed by atoms with van der Waals surface area (Å²) in [6.45, 7) is 2.84. The number of nitrogens with zero attached hydrogens (tertiary/aromatic N) is 1. The van der Waals surface area contributed by atoms with E-state index in [2.05, 4.69) is 10.0 Å². The SMILES string of the molecule is Cc1ccc(S(=O)(=O)Nc2ccc(F)cc2)cc1C(=O)N1CCC(C(=O)NCc2ccco2)CC1. The van der Waals surface area contributed by atoms with Gasteiger partial charge in [0.05, 0.1) is 17.7 Å². The standard InChI is InChI=1S/C25H26FN3O5S/c1-17-4-9-22(35(32,33)28-20-7-5-19(26)6-8-20)15-23(17)25(31)29-12-10-18(11-13-29)24(30)27-16-21-3-2-14-34-21/h2-9,14-15,18,28H,10-13,16H2,1H3,(H,27,30). The molecule has 2 amide bonds. The molecule has 1 aliphatic heterocycles. The second-order valence-electron chi connectivity index (χ2n) is 8.45. The van der Waals surface area contributed by atoms with E-state index < -0.39 is 15.8 Å². The van der Waals surface area contributed by atoms with E-state index in [4.69, 9.17) is 4.42 Å². The zero-order valence-electron chi connectivity index (χ0n) is 19.2. The maximum Gasteiger partial charge on any atom is 0.261 e. The van der Waals surface area contributed by atoms with Gasteiger partial charge in [-0.3, -0.25) is 14.3 Å². The minimum absolute atomic E-state index is 0.0667. The predicted octanol–water partition coefficient (Wildman–Crippen LogP) is 3.70. The molecule has 8 nitrogen and oxygen atoms in total. The van der Waals surface area contributed by atoms with Gasteiger partial charge in [0.15, 0.2) is 0 Å². The number of nitrogens with one attached hydrogen (secondary N) is 2. The first-order valence-corrected chi connectivity index (χ1v) is 12.7. The average molecular weight is 500 g/mol. The highest BCUT2D eigenvalue weighted by Gasteiger charge is 2.29. The van der Waals surface area contributed by atoms with Gasteiger partial charge in [0.1, 0.15) is 11.6 Å². The van der Waals surface area contributed by atoms with Crippen LogP contribution in [0.4, 0.5) is 10.1 Å². The molecular weight excluding hydrogens is 473 g/mol. The van der Waals surface area contributed by atoms with Gasteiger partial charge in [-0.25, -0.2) is 12.8 Å². The number of carbonyl (C=O) groups is 2. The number of rotatable bonds is 7. The van der Waals surface area contributed by atoms with E-state index in [9.17, 15) is 22.4 Å². The minimum Gasteiger partial charge on any atom is -0.467 e. The molecule has 184 valence electrons. The summed E-state index contributed by atoms with van der Waals surface area (Å²) < 4.78 is 46.4. The Kier molecular flexibility index (Phi) is 7.20. The van der Waals surface area contributed by atoms with Crippen LogP contribution in [0.2, 0.25) is 0 Å². The quantitative estimate of drug-likeness (QED) is 0.515. The van der Waals surface area contributed by atoms with Crippen molar-refractivity contribution in [3.8, 4) is 0 Å². The van der Waals surface area contributed by atoms with Crippen molar-refractivity contribution in [3.05, 3.63) is 83.6 Å². The molecule has 2 aromatic carbocycles. The van der Waals surface area contributed by atoms with Crippen LogP contribution in [0.15, 0.2) is 70.2 Å². The van der Waals surface area contributed by atoms with E-state index in [-0.39, 0.29) is 33.9 Å². The summed E-state index contributed by atoms with van der Waals surface area (Å²) in [6.07, 6.45) is 2.57. The molecule has 0 bridgehead atoms. The monoisotopic (exact) mass is 499 g/mol. The molecule has 3 aromatic rings. The van der Waals surface area contributed by atoms with E-state index in [0.717, 1.165) is 12.1 Å². The molecule has 0 spiro atoms. The van der Waals surface area contributed by atoms with Crippen LogP contribution in [0, 0.1) is 18.7 Å². The number of hydrogen-bond acceptors (Lipinski definition) is 5. The molecule has 2 heterocycles. The molecule has 1 aromatic heterocycles. The van der Waals surface area contributed by atoms with Crippen LogP contribution in [0.25, 0.3) is 0 Å². The Bertz CT molecular complexity index is 1300. The maximum absolute atomic E-state index is 13.2. The van der Waals surface area contributed by atoms with Crippen molar-refractivity contribution in [2.45, 2.75) is 31.2 Å². The van der Waals surface area contributed by atoms with Gasteiger partial charge in [-0.05, 0) is 73.9 Å². The Morgan fingerprint density at radius 1 is 1.09 bits per heavy atom. The number of halogens is 1. The van der Waals surface area contributed by atoms with Gasteiger partial charge in [0.2, 0.25) is 5.91 Å². The van der Waals surface area contributed by atoms with Crippen LogP contribution in [0.1, 0.15) is 34.5 Å². The summed E-state index contributed by atoms with van der Waals surface area (Å²) in [7, 11) is -3.98. The van der Waals surface area contributed by atoms with Crippen LogP contribution in [-0.2, 0) is 21.4 Å². The molecule has 0 unspecified atom stereocenters. The Morgan fingerprint density at radius 2 is 1.80 bits per heavy atom. The van der Waals surface area contributed by atoms with Crippen LogP contribution in [0.5, 0.6) is 0 Å². The molecule has 0 saturated carbocycles. The average Bonchev–Trinajstić information content (AvgIpc) is 3.37. The lowest BCUT2D eigenvalue weighted by Crippen LogP contribution is -2.43. The lowest BCUT2D eigenvalue weighted by molar-refractivity contribution is -0.126. The number of carbonyl (C=O) groups excluding carboxylic acids is 2. The Morgan fingerprint density at radius 3 is 2.46 bits per heavy atom. The van der Waals surface area contributed by atoms with Gasteiger partial charge in [-0.2, -0.15) is 0 Å². The van der Waals surface area contributed by atoms with E-state index in [0.29, 0.717) is 43.8 Å². The Balaban J connectivity index is 1.40. The smallest absolute Gasteiger partial charge is 0.261 e. The third kappa shape index (κ3) is 5.89. The van der Waals surface area contributed by atoms with Crippen LogP contribution < -0.4 is 10.0 Å². The highest BCUT2D eigenvalue weighted by atomic mass is 32.2. The van der Waals surface area contributed by atoms with Crippen molar-refractivity contribution >= 4 is 27.5 Å². The second kappa shape index (κ2) is 10.3. The molecule has 4 rings (SSSR count). The minimum atomic E-state index is -3.98. The van der Waals surface area contributed by atoms with Gasteiger partial charge < -0.3 is 14.6 Å². The van der Waals surface area contributed by atoms with Gasteiger partial charge in [0.25, 0.3) is 15.9 Å². The number of likely N-dealkylation sites (tertiary alicyclic amines) is 1. The first-order chi connectivity index (χ1) is 16.7. The molecule has 1 saturated heterocycles. The molecule has 35 heavy (non-hydrogen) atoms. The third-order valence-corrected chi connectivity index (χ3v) is 7.40. The lowest BCUT2D eigenvalue weighted by Gasteiger charge is -2.31. The Labute approximate surface area is 203 Å². The summed E-state index contributed by atoms with van der Waals surface area (Å²) in [6, 6.07) is 12.9. The fourth-order valence-electron chi connectivity index (χ4n) is 3.98. The van der Waals surface area contributed by atoms with E-state index in [1.54, 1.807) is 36.3 Å². The molecule has 2 N–H and O–H groups in total. The number of piperidine rings is 1. The second-order valence-corrected chi connectivity index (χ2v) is 10.1. The zero-order valence-corrected chi connectivity index (χ0v) is 20.0. The fourth-order valence-corrected chi connectivity index (χ4v) is 5.06.